The van der Waals surface area contributed by atoms with Gasteiger partial charge in [0.25, 0.3) is 0 Å². The predicted octanol–water partition coefficient (Wildman–Crippen LogP) is 9.74. The van der Waals surface area contributed by atoms with Gasteiger partial charge in [0.05, 0.1) is 0 Å². The summed E-state index contributed by atoms with van der Waals surface area (Å²) in [6.45, 7) is 0. The van der Waals surface area contributed by atoms with Gasteiger partial charge >= 0.3 is 37.9 Å². The van der Waals surface area contributed by atoms with Crippen LogP contribution in [0.5, 0.6) is 0 Å². The van der Waals surface area contributed by atoms with Crippen molar-refractivity contribution in [2.24, 2.45) is 11.8 Å². The Kier molecular flexibility index (Phi) is 10.4. The van der Waals surface area contributed by atoms with Crippen molar-refractivity contribution in [3.8, 4) is 0 Å². The van der Waals surface area contributed by atoms with Gasteiger partial charge in [-0.25, -0.2) is 12.2 Å². The van der Waals surface area contributed by atoms with Crippen LogP contribution in [0.2, 0.25) is 0 Å². The van der Waals surface area contributed by atoms with E-state index >= 15 is 0 Å². The number of fused-ring (bicyclic) bond motifs is 2. The molecular weight excluding hydrogens is 522 g/mol. The van der Waals surface area contributed by atoms with Crippen molar-refractivity contribution in [1.82, 2.24) is 0 Å². The molecule has 3 heteroatoms. The van der Waals surface area contributed by atoms with E-state index in [1.807, 2.05) is 0 Å². The summed E-state index contributed by atoms with van der Waals surface area (Å²) in [4.78, 5) is 0. The Labute approximate surface area is 219 Å². The number of halogens is 2. The molecule has 2 aromatic carbocycles. The summed E-state index contributed by atoms with van der Waals surface area (Å²) < 4.78 is 0. The van der Waals surface area contributed by atoms with E-state index < -0.39 is 20.8 Å². The molecule has 2 atom stereocenters. The summed E-state index contributed by atoms with van der Waals surface area (Å²) in [5.74, 6) is 2.92. The standard InChI is InChI=1S/2C15H17.2ClH.Zr/c2*1-2-6-12(7-3-1)15-11-10-13-8-4-5-9-14(13)15;;;/h2*4-5,8-10,12,15H,1-3,6-7H2;2*1H;/q2*-1;;;+4/p-2. The molecule has 172 valence electrons. The van der Waals surface area contributed by atoms with E-state index in [2.05, 4.69) is 72.8 Å². The van der Waals surface area contributed by atoms with Crippen LogP contribution in [0.4, 0.5) is 0 Å². The van der Waals surface area contributed by atoms with Crippen molar-refractivity contribution in [1.29, 1.82) is 0 Å². The van der Waals surface area contributed by atoms with Gasteiger partial charge in [-0.05, 0) is 11.8 Å². The second kappa shape index (κ2) is 13.5. The molecule has 0 bridgehead atoms. The Morgan fingerprint density at radius 1 is 0.576 bits per heavy atom. The zero-order valence-electron chi connectivity index (χ0n) is 19.4. The Hall–Kier alpha value is -0.617. The first-order chi connectivity index (χ1) is 16.3. The van der Waals surface area contributed by atoms with E-state index in [-0.39, 0.29) is 0 Å². The number of hydrogen-bond acceptors (Lipinski definition) is 0. The summed E-state index contributed by atoms with van der Waals surface area (Å²) in [6.07, 6.45) is 25.7. The van der Waals surface area contributed by atoms with Crippen molar-refractivity contribution in [3.05, 3.63) is 82.9 Å². The van der Waals surface area contributed by atoms with Crippen molar-refractivity contribution >= 4 is 29.2 Å². The van der Waals surface area contributed by atoms with Crippen LogP contribution in [0.3, 0.4) is 0 Å². The number of rotatable bonds is 2. The monoisotopic (exact) mass is 554 g/mol. The Balaban J connectivity index is 0.000000141. The van der Waals surface area contributed by atoms with Crippen LogP contribution in [0.15, 0.2) is 48.5 Å². The fraction of sp³-hybridized carbons (Fsp3) is 0.467. The molecule has 6 rings (SSSR count). The molecule has 2 aromatic rings. The molecule has 0 amide bonds. The van der Waals surface area contributed by atoms with E-state index in [1.54, 1.807) is 0 Å². The minimum atomic E-state index is -0.826. The third kappa shape index (κ3) is 6.74. The average Bonchev–Trinajstić information content (AvgIpc) is 3.51. The quantitative estimate of drug-likeness (QED) is 0.323. The molecular formula is C30H34Cl2Zr. The van der Waals surface area contributed by atoms with Gasteiger partial charge in [-0.2, -0.15) is 11.1 Å². The van der Waals surface area contributed by atoms with Gasteiger partial charge in [0.2, 0.25) is 0 Å². The van der Waals surface area contributed by atoms with E-state index in [1.165, 1.54) is 86.5 Å². The van der Waals surface area contributed by atoms with E-state index in [9.17, 15) is 0 Å². The van der Waals surface area contributed by atoms with Crippen molar-refractivity contribution in [2.75, 3.05) is 0 Å². The third-order valence-corrected chi connectivity index (χ3v) is 7.74. The minimum absolute atomic E-state index is 0.599. The van der Waals surface area contributed by atoms with Gasteiger partial charge in [-0.3, -0.25) is 12.2 Å². The Morgan fingerprint density at radius 3 is 1.33 bits per heavy atom. The summed E-state index contributed by atoms with van der Waals surface area (Å²) in [5, 5.41) is 0. The zero-order chi connectivity index (χ0) is 22.9. The van der Waals surface area contributed by atoms with Gasteiger partial charge in [0.1, 0.15) is 0 Å². The molecule has 2 saturated carbocycles. The average molecular weight is 557 g/mol. The molecule has 0 spiro atoms. The van der Waals surface area contributed by atoms with Crippen LogP contribution in [-0.4, -0.2) is 0 Å². The first-order valence-electron chi connectivity index (χ1n) is 12.6. The Bertz CT molecular complexity index is 847. The van der Waals surface area contributed by atoms with E-state index in [0.717, 1.165) is 11.8 Å². The summed E-state index contributed by atoms with van der Waals surface area (Å²) in [5.41, 5.74) is 5.83. The third-order valence-electron chi connectivity index (χ3n) is 7.74. The van der Waals surface area contributed by atoms with Crippen molar-refractivity contribution in [3.63, 3.8) is 0 Å². The first kappa shape index (κ1) is 25.5. The van der Waals surface area contributed by atoms with Crippen LogP contribution in [-0.2, 0) is 20.8 Å². The molecule has 4 aliphatic carbocycles. The molecule has 0 nitrogen and oxygen atoms in total. The topological polar surface area (TPSA) is 0 Å². The number of allylic oxidation sites excluding steroid dienone is 2. The van der Waals surface area contributed by atoms with Crippen LogP contribution in [0, 0.1) is 24.0 Å². The fourth-order valence-corrected chi connectivity index (χ4v) is 6.10. The molecule has 0 aliphatic heterocycles. The van der Waals surface area contributed by atoms with Crippen LogP contribution < -0.4 is 0 Å². The fourth-order valence-electron chi connectivity index (χ4n) is 6.10. The second-order valence-electron chi connectivity index (χ2n) is 9.70. The van der Waals surface area contributed by atoms with Crippen LogP contribution in [0.1, 0.15) is 98.3 Å². The second-order valence-corrected chi connectivity index (χ2v) is 13.4. The van der Waals surface area contributed by atoms with E-state index in [0.29, 0.717) is 11.8 Å². The van der Waals surface area contributed by atoms with Gasteiger partial charge in [-0.1, -0.05) is 112 Å². The first-order valence-corrected chi connectivity index (χ1v) is 19.0. The zero-order valence-corrected chi connectivity index (χ0v) is 23.4. The Morgan fingerprint density at radius 2 is 0.939 bits per heavy atom. The molecule has 0 N–H and O–H groups in total. The molecule has 2 fully saturated rings. The molecule has 0 aromatic heterocycles. The van der Waals surface area contributed by atoms with Crippen LogP contribution >= 0.6 is 17.0 Å². The summed E-state index contributed by atoms with van der Waals surface area (Å²) >= 11 is -0.826. The normalized spacial score (nSPS) is 23.5. The van der Waals surface area contributed by atoms with Gasteiger partial charge in [-0.15, -0.1) is 23.3 Å². The van der Waals surface area contributed by atoms with E-state index in [4.69, 9.17) is 17.0 Å². The maximum absolute atomic E-state index is 4.93. The number of hydrogen-bond donors (Lipinski definition) is 0. The molecule has 0 radical (unpaired) electrons. The van der Waals surface area contributed by atoms with Gasteiger partial charge in [0, 0.05) is 0 Å². The maximum atomic E-state index is 4.93. The van der Waals surface area contributed by atoms with Crippen molar-refractivity contribution in [2.45, 2.75) is 76.0 Å². The summed E-state index contributed by atoms with van der Waals surface area (Å²) in [6, 6.07) is 17.6. The van der Waals surface area contributed by atoms with Crippen molar-refractivity contribution < 1.29 is 20.8 Å². The SMILES string of the molecule is [C-]1=Cc2ccccc2C1C1CCCCC1.[C-]1=Cc2ccccc2C1C1CCCCC1.[Cl][Zr+2][Cl]. The molecule has 33 heavy (non-hydrogen) atoms. The van der Waals surface area contributed by atoms with Gasteiger partial charge in [0.15, 0.2) is 0 Å². The number of benzene rings is 2. The summed E-state index contributed by atoms with van der Waals surface area (Å²) in [7, 11) is 9.87. The molecule has 2 unspecified atom stereocenters. The predicted molar refractivity (Wildman–Crippen MR) is 139 cm³/mol. The van der Waals surface area contributed by atoms with Gasteiger partial charge < -0.3 is 0 Å². The molecule has 0 saturated heterocycles. The molecule has 4 aliphatic rings. The van der Waals surface area contributed by atoms with Crippen LogP contribution in [0.25, 0.3) is 12.2 Å². The molecule has 0 heterocycles.